The molecule has 3 aromatic rings. The lowest BCUT2D eigenvalue weighted by atomic mass is 10.3. The molecule has 0 fully saturated rings. The molecule has 138 valence electrons. The number of rotatable bonds is 5. The Kier molecular flexibility index (Phi) is 4.56. The predicted octanol–water partition coefficient (Wildman–Crippen LogP) is -0.209. The Hall–Kier alpha value is -3.07. The molecule has 1 atom stereocenters. The van der Waals surface area contributed by atoms with Crippen molar-refractivity contribution in [3.05, 3.63) is 56.8 Å². The molecule has 1 amide bonds. The Morgan fingerprint density at radius 3 is 2.65 bits per heavy atom. The molecule has 0 saturated carbocycles. The Morgan fingerprint density at radius 2 is 2.04 bits per heavy atom. The van der Waals surface area contributed by atoms with Gasteiger partial charge in [0.25, 0.3) is 11.5 Å². The van der Waals surface area contributed by atoms with Gasteiger partial charge in [-0.25, -0.2) is 4.79 Å². The third-order valence-electron chi connectivity index (χ3n) is 4.18. The van der Waals surface area contributed by atoms with E-state index in [-0.39, 0.29) is 24.2 Å². The van der Waals surface area contributed by atoms with E-state index in [1.165, 1.54) is 23.9 Å². The van der Waals surface area contributed by atoms with E-state index in [9.17, 15) is 19.5 Å². The number of hydrogen-bond donors (Lipinski definition) is 2. The SMILES string of the molecule is C[C@H](O)CNC(=O)c1cc2c(=O)n(C)c(=O)n(C)c2n1Cc1ccco1. The molecule has 3 rings (SSSR count). The van der Waals surface area contributed by atoms with Gasteiger partial charge in [-0.3, -0.25) is 18.7 Å². The molecule has 26 heavy (non-hydrogen) atoms. The van der Waals surface area contributed by atoms with Crippen LogP contribution in [0, 0.1) is 0 Å². The molecule has 0 aliphatic heterocycles. The summed E-state index contributed by atoms with van der Waals surface area (Å²) in [6.07, 6.45) is 0.797. The first kappa shape index (κ1) is 17.7. The number of carbonyl (C=O) groups is 1. The molecule has 0 saturated heterocycles. The van der Waals surface area contributed by atoms with E-state index in [0.29, 0.717) is 11.4 Å². The van der Waals surface area contributed by atoms with Gasteiger partial charge in [0.15, 0.2) is 0 Å². The van der Waals surface area contributed by atoms with Crippen molar-refractivity contribution in [1.82, 2.24) is 19.0 Å². The van der Waals surface area contributed by atoms with Gasteiger partial charge in [-0.1, -0.05) is 0 Å². The summed E-state index contributed by atoms with van der Waals surface area (Å²) in [6, 6.07) is 4.91. The number of aliphatic hydroxyl groups is 1. The number of aryl methyl sites for hydroxylation is 1. The number of furan rings is 1. The fourth-order valence-electron chi connectivity index (χ4n) is 2.88. The molecule has 0 spiro atoms. The Bertz CT molecular complexity index is 1070. The van der Waals surface area contributed by atoms with E-state index in [1.807, 2.05) is 0 Å². The summed E-state index contributed by atoms with van der Waals surface area (Å²) in [5.74, 6) is 0.114. The molecule has 0 radical (unpaired) electrons. The summed E-state index contributed by atoms with van der Waals surface area (Å²) in [5.41, 5.74) is -0.435. The van der Waals surface area contributed by atoms with Crippen molar-refractivity contribution >= 4 is 16.9 Å². The van der Waals surface area contributed by atoms with Crippen molar-refractivity contribution in [2.24, 2.45) is 14.1 Å². The van der Waals surface area contributed by atoms with Crippen LogP contribution in [0.4, 0.5) is 0 Å². The second-order valence-corrected chi connectivity index (χ2v) is 6.20. The molecule has 0 aliphatic carbocycles. The highest BCUT2D eigenvalue weighted by atomic mass is 16.3. The number of nitrogens with zero attached hydrogens (tertiary/aromatic N) is 3. The largest absolute Gasteiger partial charge is 0.467 e. The highest BCUT2D eigenvalue weighted by Gasteiger charge is 2.22. The minimum Gasteiger partial charge on any atom is -0.467 e. The summed E-state index contributed by atoms with van der Waals surface area (Å²) in [5, 5.41) is 12.3. The molecule has 3 aromatic heterocycles. The summed E-state index contributed by atoms with van der Waals surface area (Å²) >= 11 is 0. The van der Waals surface area contributed by atoms with Gasteiger partial charge in [-0.15, -0.1) is 0 Å². The van der Waals surface area contributed by atoms with Crippen molar-refractivity contribution < 1.29 is 14.3 Å². The zero-order valence-corrected chi connectivity index (χ0v) is 14.7. The van der Waals surface area contributed by atoms with Gasteiger partial charge in [0.1, 0.15) is 17.1 Å². The topological polar surface area (TPSA) is 111 Å². The van der Waals surface area contributed by atoms with E-state index >= 15 is 0 Å². The maximum atomic E-state index is 12.6. The number of aromatic nitrogens is 3. The maximum Gasteiger partial charge on any atom is 0.332 e. The number of aliphatic hydroxyl groups excluding tert-OH is 1. The van der Waals surface area contributed by atoms with E-state index in [4.69, 9.17) is 4.42 Å². The van der Waals surface area contributed by atoms with Crippen LogP contribution >= 0.6 is 0 Å². The summed E-state index contributed by atoms with van der Waals surface area (Å²) in [6.45, 7) is 1.80. The van der Waals surface area contributed by atoms with Crippen LogP contribution in [0.15, 0.2) is 38.5 Å². The van der Waals surface area contributed by atoms with Gasteiger partial charge in [0, 0.05) is 20.6 Å². The van der Waals surface area contributed by atoms with Crippen molar-refractivity contribution in [3.63, 3.8) is 0 Å². The maximum absolute atomic E-state index is 12.6. The second kappa shape index (κ2) is 6.68. The first-order chi connectivity index (χ1) is 12.3. The lowest BCUT2D eigenvalue weighted by molar-refractivity contribution is 0.0915. The molecular weight excluding hydrogens is 340 g/mol. The fourth-order valence-corrected chi connectivity index (χ4v) is 2.88. The average molecular weight is 360 g/mol. The first-order valence-corrected chi connectivity index (χ1v) is 8.09. The van der Waals surface area contributed by atoms with Gasteiger partial charge in [-0.2, -0.15) is 0 Å². The van der Waals surface area contributed by atoms with E-state index in [1.54, 1.807) is 30.7 Å². The van der Waals surface area contributed by atoms with E-state index in [0.717, 1.165) is 4.57 Å². The molecule has 0 aromatic carbocycles. The van der Waals surface area contributed by atoms with Gasteiger partial charge < -0.3 is 19.4 Å². The standard InChI is InChI=1S/C17H20N4O5/c1-10(22)8-18-14(23)13-7-12-15(19(2)17(25)20(3)16(12)24)21(13)9-11-5-4-6-26-11/h4-7,10,22H,8-9H2,1-3H3,(H,18,23)/t10-/m0/s1. The molecule has 9 nitrogen and oxygen atoms in total. The van der Waals surface area contributed by atoms with Crippen molar-refractivity contribution in [1.29, 1.82) is 0 Å². The Labute approximate surface area is 148 Å². The number of hydrogen-bond acceptors (Lipinski definition) is 5. The van der Waals surface area contributed by atoms with E-state index in [2.05, 4.69) is 5.32 Å². The van der Waals surface area contributed by atoms with Crippen LogP contribution in [-0.2, 0) is 20.6 Å². The van der Waals surface area contributed by atoms with Crippen molar-refractivity contribution in [3.8, 4) is 0 Å². The summed E-state index contributed by atoms with van der Waals surface area (Å²) < 4.78 is 9.23. The molecule has 0 unspecified atom stereocenters. The van der Waals surface area contributed by atoms with Gasteiger partial charge in [0.2, 0.25) is 0 Å². The highest BCUT2D eigenvalue weighted by molar-refractivity contribution is 5.98. The van der Waals surface area contributed by atoms with Crippen LogP contribution in [0.2, 0.25) is 0 Å². The first-order valence-electron chi connectivity index (χ1n) is 8.09. The van der Waals surface area contributed by atoms with Crippen LogP contribution in [-0.4, -0.2) is 37.4 Å². The third-order valence-corrected chi connectivity index (χ3v) is 4.18. The summed E-state index contributed by atoms with van der Waals surface area (Å²) in [7, 11) is 2.93. The third kappa shape index (κ3) is 2.97. The quantitative estimate of drug-likeness (QED) is 0.654. The van der Waals surface area contributed by atoms with Crippen LogP contribution in [0.5, 0.6) is 0 Å². The minimum absolute atomic E-state index is 0.0675. The predicted molar refractivity (Wildman–Crippen MR) is 94.2 cm³/mol. The lowest BCUT2D eigenvalue weighted by Gasteiger charge is -2.12. The number of carbonyl (C=O) groups excluding carboxylic acids is 1. The van der Waals surface area contributed by atoms with E-state index < -0.39 is 23.3 Å². The smallest absolute Gasteiger partial charge is 0.332 e. The molecule has 0 aliphatic rings. The average Bonchev–Trinajstić information content (AvgIpc) is 3.24. The van der Waals surface area contributed by atoms with Crippen LogP contribution in [0.25, 0.3) is 11.0 Å². The zero-order chi connectivity index (χ0) is 19.0. The second-order valence-electron chi connectivity index (χ2n) is 6.20. The molecule has 0 bridgehead atoms. The molecule has 3 heterocycles. The van der Waals surface area contributed by atoms with Gasteiger partial charge >= 0.3 is 5.69 Å². The van der Waals surface area contributed by atoms with Crippen LogP contribution < -0.4 is 16.6 Å². The molecule has 9 heteroatoms. The number of nitrogens with one attached hydrogen (secondary N) is 1. The van der Waals surface area contributed by atoms with Crippen molar-refractivity contribution in [2.45, 2.75) is 19.6 Å². The zero-order valence-electron chi connectivity index (χ0n) is 14.7. The Morgan fingerprint density at radius 1 is 1.31 bits per heavy atom. The van der Waals surface area contributed by atoms with Crippen LogP contribution in [0.3, 0.4) is 0 Å². The van der Waals surface area contributed by atoms with Gasteiger partial charge in [-0.05, 0) is 25.1 Å². The van der Waals surface area contributed by atoms with Gasteiger partial charge in [0.05, 0.1) is 24.3 Å². The number of amides is 1. The molecule has 2 N–H and O–H groups in total. The Balaban J connectivity index is 2.24. The minimum atomic E-state index is -0.709. The number of fused-ring (bicyclic) bond motifs is 1. The fraction of sp³-hybridized carbons (Fsp3) is 0.353. The monoisotopic (exact) mass is 360 g/mol. The van der Waals surface area contributed by atoms with Crippen LogP contribution in [0.1, 0.15) is 23.2 Å². The molecular formula is C17H20N4O5. The normalized spacial score (nSPS) is 12.5. The lowest BCUT2D eigenvalue weighted by Crippen LogP contribution is -2.37. The highest BCUT2D eigenvalue weighted by Crippen LogP contribution is 2.18. The van der Waals surface area contributed by atoms with Crippen molar-refractivity contribution in [2.75, 3.05) is 6.54 Å². The summed E-state index contributed by atoms with van der Waals surface area (Å²) in [4.78, 5) is 37.4.